The van der Waals surface area contributed by atoms with Crippen LogP contribution in [-0.2, 0) is 9.53 Å². The molecule has 1 rings (SSSR count). The summed E-state index contributed by atoms with van der Waals surface area (Å²) in [7, 11) is 0. The average molecular weight is 151 g/mol. The summed E-state index contributed by atoms with van der Waals surface area (Å²) in [5.74, 6) is 0.863. The van der Waals surface area contributed by atoms with Gasteiger partial charge in [-0.15, -0.1) is 0 Å². The summed E-state index contributed by atoms with van der Waals surface area (Å²) in [6.07, 6.45) is 8.04. The molecular weight excluding hydrogens is 140 g/mol. The van der Waals surface area contributed by atoms with Crippen LogP contribution in [0.4, 0.5) is 0 Å². The van der Waals surface area contributed by atoms with Gasteiger partial charge in [-0.1, -0.05) is 0 Å². The standard InChI is InChI=1S/C9H11O2/c1-2-11-9(10)7-8-5-3-4-6-8/h3-6H,2,7H2,1H3. The van der Waals surface area contributed by atoms with Crippen LogP contribution >= 0.6 is 0 Å². The molecule has 0 N–H and O–H groups in total. The molecule has 1 saturated carbocycles. The van der Waals surface area contributed by atoms with E-state index in [2.05, 4.69) is 0 Å². The molecule has 0 amide bonds. The van der Waals surface area contributed by atoms with Gasteiger partial charge >= 0.3 is 5.97 Å². The SMILES string of the molecule is CCOC(=O)C[C]1[CH][CH][CH][CH]1. The van der Waals surface area contributed by atoms with Crippen molar-refractivity contribution in [1.82, 2.24) is 0 Å². The molecule has 0 unspecified atom stereocenters. The van der Waals surface area contributed by atoms with Crippen molar-refractivity contribution in [3.8, 4) is 0 Å². The van der Waals surface area contributed by atoms with Gasteiger partial charge in [-0.05, 0) is 38.5 Å². The van der Waals surface area contributed by atoms with Crippen molar-refractivity contribution < 1.29 is 9.53 Å². The van der Waals surface area contributed by atoms with Crippen molar-refractivity contribution in [1.29, 1.82) is 0 Å². The topological polar surface area (TPSA) is 26.3 Å². The Kier molecular flexibility index (Phi) is 3.40. The third kappa shape index (κ3) is 2.91. The highest BCUT2D eigenvalue weighted by Gasteiger charge is 2.20. The van der Waals surface area contributed by atoms with Gasteiger partial charge < -0.3 is 4.74 Å². The van der Waals surface area contributed by atoms with Crippen molar-refractivity contribution in [3.05, 3.63) is 31.6 Å². The lowest BCUT2D eigenvalue weighted by Crippen LogP contribution is -2.08. The number of rotatable bonds is 3. The predicted octanol–water partition coefficient (Wildman–Crippen LogP) is 1.34. The van der Waals surface area contributed by atoms with E-state index in [1.807, 2.05) is 32.6 Å². The molecule has 1 aliphatic rings. The first kappa shape index (κ1) is 8.57. The molecular formula is C9H11O2. The molecule has 0 aliphatic heterocycles. The molecule has 1 aliphatic carbocycles. The third-order valence-corrected chi connectivity index (χ3v) is 1.39. The van der Waals surface area contributed by atoms with Crippen LogP contribution in [0.5, 0.6) is 0 Å². The van der Waals surface area contributed by atoms with E-state index in [0.717, 1.165) is 5.92 Å². The van der Waals surface area contributed by atoms with Gasteiger partial charge in [0.05, 0.1) is 13.0 Å². The van der Waals surface area contributed by atoms with E-state index in [4.69, 9.17) is 4.74 Å². The van der Waals surface area contributed by atoms with Crippen LogP contribution in [0.15, 0.2) is 0 Å². The molecule has 59 valence electrons. The first-order chi connectivity index (χ1) is 5.33. The summed E-state index contributed by atoms with van der Waals surface area (Å²) in [4.78, 5) is 10.9. The van der Waals surface area contributed by atoms with Gasteiger partial charge in [0.1, 0.15) is 0 Å². The predicted molar refractivity (Wildman–Crippen MR) is 41.7 cm³/mol. The van der Waals surface area contributed by atoms with Gasteiger partial charge in [-0.2, -0.15) is 0 Å². The fraction of sp³-hybridized carbons (Fsp3) is 0.333. The van der Waals surface area contributed by atoms with Gasteiger partial charge in [0.15, 0.2) is 0 Å². The Morgan fingerprint density at radius 3 is 2.64 bits per heavy atom. The van der Waals surface area contributed by atoms with E-state index in [0.29, 0.717) is 13.0 Å². The van der Waals surface area contributed by atoms with Crippen molar-refractivity contribution in [3.63, 3.8) is 0 Å². The number of ether oxygens (including phenoxy) is 1. The van der Waals surface area contributed by atoms with Crippen molar-refractivity contribution >= 4 is 5.97 Å². The Hall–Kier alpha value is -0.530. The summed E-state index contributed by atoms with van der Waals surface area (Å²) >= 11 is 0. The Morgan fingerprint density at radius 1 is 1.45 bits per heavy atom. The zero-order valence-corrected chi connectivity index (χ0v) is 6.54. The third-order valence-electron chi connectivity index (χ3n) is 1.39. The zero-order chi connectivity index (χ0) is 8.10. The van der Waals surface area contributed by atoms with Crippen molar-refractivity contribution in [2.75, 3.05) is 6.61 Å². The molecule has 1 fully saturated rings. The average Bonchev–Trinajstić information content (AvgIpc) is 2.40. The monoisotopic (exact) mass is 151 g/mol. The molecule has 2 heteroatoms. The molecule has 5 radical (unpaired) electrons. The summed E-state index contributed by atoms with van der Waals surface area (Å²) in [6, 6.07) is 0. The van der Waals surface area contributed by atoms with E-state index in [-0.39, 0.29) is 5.97 Å². The van der Waals surface area contributed by atoms with E-state index in [1.165, 1.54) is 0 Å². The summed E-state index contributed by atoms with van der Waals surface area (Å²) in [6.45, 7) is 2.27. The molecule has 0 bridgehead atoms. The van der Waals surface area contributed by atoms with Crippen molar-refractivity contribution in [2.24, 2.45) is 0 Å². The Balaban J connectivity index is 2.13. The normalized spacial score (nSPS) is 18.6. The van der Waals surface area contributed by atoms with Crippen molar-refractivity contribution in [2.45, 2.75) is 13.3 Å². The number of carbonyl (C=O) groups excluding carboxylic acids is 1. The Morgan fingerprint density at radius 2 is 2.09 bits per heavy atom. The Labute approximate surface area is 67.9 Å². The van der Waals surface area contributed by atoms with Crippen LogP contribution in [-0.4, -0.2) is 12.6 Å². The second kappa shape index (κ2) is 4.37. The smallest absolute Gasteiger partial charge is 0.306 e. The van der Waals surface area contributed by atoms with E-state index < -0.39 is 0 Å². The summed E-state index contributed by atoms with van der Waals surface area (Å²) in [5.41, 5.74) is 0. The summed E-state index contributed by atoms with van der Waals surface area (Å²) < 4.78 is 4.78. The molecule has 2 nitrogen and oxygen atoms in total. The number of hydrogen-bond acceptors (Lipinski definition) is 2. The lowest BCUT2D eigenvalue weighted by molar-refractivity contribution is -0.142. The highest BCUT2D eigenvalue weighted by atomic mass is 16.5. The van der Waals surface area contributed by atoms with Crippen LogP contribution in [0.3, 0.4) is 0 Å². The van der Waals surface area contributed by atoms with E-state index in [1.54, 1.807) is 0 Å². The van der Waals surface area contributed by atoms with Crippen LogP contribution < -0.4 is 0 Å². The van der Waals surface area contributed by atoms with E-state index >= 15 is 0 Å². The molecule has 0 atom stereocenters. The van der Waals surface area contributed by atoms with Crippen LogP contribution in [0.25, 0.3) is 0 Å². The number of esters is 1. The number of hydrogen-bond donors (Lipinski definition) is 0. The minimum Gasteiger partial charge on any atom is -0.466 e. The van der Waals surface area contributed by atoms with Crippen LogP contribution in [0.2, 0.25) is 0 Å². The van der Waals surface area contributed by atoms with Gasteiger partial charge in [-0.25, -0.2) is 0 Å². The molecule has 11 heavy (non-hydrogen) atoms. The fourth-order valence-corrected chi connectivity index (χ4v) is 0.910. The first-order valence-electron chi connectivity index (χ1n) is 3.69. The van der Waals surface area contributed by atoms with Gasteiger partial charge in [0, 0.05) is 0 Å². The molecule has 0 spiro atoms. The highest BCUT2D eigenvalue weighted by molar-refractivity contribution is 5.73. The van der Waals surface area contributed by atoms with E-state index in [9.17, 15) is 4.79 Å². The molecule has 0 aromatic rings. The molecule has 0 saturated heterocycles. The second-order valence-electron chi connectivity index (χ2n) is 2.27. The van der Waals surface area contributed by atoms with Crippen LogP contribution in [0.1, 0.15) is 13.3 Å². The zero-order valence-electron chi connectivity index (χ0n) is 6.54. The molecule has 0 aromatic carbocycles. The lowest BCUT2D eigenvalue weighted by atomic mass is 10.1. The quantitative estimate of drug-likeness (QED) is 0.569. The fourth-order valence-electron chi connectivity index (χ4n) is 0.910. The largest absolute Gasteiger partial charge is 0.466 e. The second-order valence-corrected chi connectivity index (χ2v) is 2.27. The van der Waals surface area contributed by atoms with Gasteiger partial charge in [0.25, 0.3) is 0 Å². The Bertz CT molecular complexity index is 126. The molecule has 0 heterocycles. The maximum Gasteiger partial charge on any atom is 0.306 e. The minimum atomic E-state index is -0.154. The van der Waals surface area contributed by atoms with Gasteiger partial charge in [0.2, 0.25) is 0 Å². The maximum absolute atomic E-state index is 10.9. The van der Waals surface area contributed by atoms with Crippen LogP contribution in [0, 0.1) is 31.6 Å². The first-order valence-corrected chi connectivity index (χ1v) is 3.69. The van der Waals surface area contributed by atoms with Gasteiger partial charge in [-0.3, -0.25) is 4.79 Å². The minimum absolute atomic E-state index is 0.154. The molecule has 0 aromatic heterocycles. The number of carbonyl (C=O) groups is 1. The lowest BCUT2D eigenvalue weighted by Gasteiger charge is -2.05. The maximum atomic E-state index is 10.9. The summed E-state index contributed by atoms with van der Waals surface area (Å²) in [5, 5.41) is 0. The highest BCUT2D eigenvalue weighted by Crippen LogP contribution is 2.26.